The first-order valence-electron chi connectivity index (χ1n) is 4.71. The van der Waals surface area contributed by atoms with Crippen LogP contribution in [0.1, 0.15) is 0 Å². The maximum absolute atomic E-state index is 12.7. The van der Waals surface area contributed by atoms with Crippen molar-refractivity contribution >= 4 is 11.6 Å². The van der Waals surface area contributed by atoms with Crippen LogP contribution in [0.25, 0.3) is 0 Å². The van der Waals surface area contributed by atoms with E-state index in [-0.39, 0.29) is 0 Å². The molecule has 0 aliphatic heterocycles. The zero-order chi connectivity index (χ0) is 18.5. The number of carbonyl (C=O) groups excluding carboxylic acids is 2. The fraction of sp³-hybridized carbons (Fsp3) is 0. The predicted octanol–water partition coefficient (Wildman–Crippen LogP) is 4.51. The molecule has 0 aromatic heterocycles. The second-order valence-corrected chi connectivity index (χ2v) is 3.08. The third-order valence-electron chi connectivity index (χ3n) is 1.65. The summed E-state index contributed by atoms with van der Waals surface area (Å²) >= 11 is 0. The maximum Gasteiger partial charge on any atom is 0.320 e. The summed E-state index contributed by atoms with van der Waals surface area (Å²) in [6, 6.07) is -6.28. The van der Waals surface area contributed by atoms with Gasteiger partial charge in [-0.1, -0.05) is 0 Å². The molecule has 0 aromatic carbocycles. The van der Waals surface area contributed by atoms with Crippen molar-refractivity contribution in [3.8, 4) is 0 Å². The Morgan fingerprint density at radius 1 is 0.478 bits per heavy atom. The van der Waals surface area contributed by atoms with E-state index >= 15 is 0 Å². The van der Waals surface area contributed by atoms with Gasteiger partial charge < -0.3 is 4.74 Å². The van der Waals surface area contributed by atoms with E-state index in [9.17, 15) is 53.5 Å². The predicted molar refractivity (Wildman–Crippen MR) is 50.3 cm³/mol. The lowest BCUT2D eigenvalue weighted by molar-refractivity contribution is -0.116. The Morgan fingerprint density at radius 2 is 0.739 bits per heavy atom. The van der Waals surface area contributed by atoms with Crippen molar-refractivity contribution in [2.75, 3.05) is 0 Å². The first-order valence-corrected chi connectivity index (χ1v) is 4.71. The van der Waals surface area contributed by atoms with Gasteiger partial charge in [0.2, 0.25) is 23.3 Å². The lowest BCUT2D eigenvalue weighted by atomic mass is 10.3. The van der Waals surface area contributed by atoms with Crippen molar-refractivity contribution in [3.63, 3.8) is 0 Å². The molecule has 3 nitrogen and oxygen atoms in total. The second kappa shape index (κ2) is 8.14. The van der Waals surface area contributed by atoms with Crippen molar-refractivity contribution in [2.24, 2.45) is 0 Å². The lowest BCUT2D eigenvalue weighted by Gasteiger charge is -2.01. The van der Waals surface area contributed by atoms with E-state index in [1.54, 1.807) is 0 Å². The van der Waals surface area contributed by atoms with Crippen molar-refractivity contribution < 1.29 is 58.2 Å². The van der Waals surface area contributed by atoms with Crippen LogP contribution in [0, 0.1) is 0 Å². The van der Waals surface area contributed by atoms with Gasteiger partial charge in [0.25, 0.3) is 11.6 Å². The Bertz CT molecular complexity index is 594. The van der Waals surface area contributed by atoms with Crippen LogP contribution in [-0.4, -0.2) is 11.6 Å². The minimum atomic E-state index is -3.39. The minimum Gasteiger partial charge on any atom is -0.399 e. The van der Waals surface area contributed by atoms with Crippen LogP contribution >= 0.6 is 0 Å². The Balaban J connectivity index is 5.56. The zero-order valence-corrected chi connectivity index (χ0v) is 10.0. The van der Waals surface area contributed by atoms with Gasteiger partial charge in [-0.25, -0.2) is 0 Å². The Kier molecular flexibility index (Phi) is 7.22. The molecule has 0 fully saturated rings. The number of hydrogen-bond donors (Lipinski definition) is 0. The molecule has 0 unspecified atom stereocenters. The summed E-state index contributed by atoms with van der Waals surface area (Å²) in [4.78, 5) is 21.0. The Hall–Kier alpha value is -2.60. The summed E-state index contributed by atoms with van der Waals surface area (Å²) in [5.41, 5.74) is 0. The monoisotopic (exact) mass is 358 g/mol. The molecule has 0 aliphatic carbocycles. The van der Waals surface area contributed by atoms with E-state index in [1.807, 2.05) is 0 Å². The van der Waals surface area contributed by atoms with Crippen molar-refractivity contribution in [3.05, 3.63) is 47.5 Å². The standard InChI is InChI=1S/C10F10O3/c11-1(7(15)16)5(21)3(13)9(19)23-10(20)4(14)6(22)2(12)8(17)18. The third-order valence-corrected chi connectivity index (χ3v) is 1.65. The van der Waals surface area contributed by atoms with Crippen LogP contribution < -0.4 is 0 Å². The number of allylic oxidation sites excluding steroid dienone is 4. The zero-order valence-electron chi connectivity index (χ0n) is 10.0. The van der Waals surface area contributed by atoms with Crippen LogP contribution in [0.5, 0.6) is 0 Å². The van der Waals surface area contributed by atoms with Gasteiger partial charge in [-0.15, -0.1) is 0 Å². The Labute approximate surface area is 118 Å². The average molecular weight is 358 g/mol. The highest BCUT2D eigenvalue weighted by molar-refractivity contribution is 6.06. The fourth-order valence-corrected chi connectivity index (χ4v) is 0.711. The molecule has 0 radical (unpaired) electrons. The maximum atomic E-state index is 12.7. The van der Waals surface area contributed by atoms with E-state index in [2.05, 4.69) is 4.74 Å². The largest absolute Gasteiger partial charge is 0.399 e. The molecule has 0 aliphatic rings. The summed E-state index contributed by atoms with van der Waals surface area (Å²) in [5, 5.41) is 0. The summed E-state index contributed by atoms with van der Waals surface area (Å²) in [6.07, 6.45) is -6.78. The van der Waals surface area contributed by atoms with Gasteiger partial charge in [0.05, 0.1) is 0 Å². The highest BCUT2D eigenvalue weighted by Crippen LogP contribution is 2.25. The second-order valence-electron chi connectivity index (χ2n) is 3.08. The molecule has 128 valence electrons. The minimum absolute atomic E-state index is 2.84. The van der Waals surface area contributed by atoms with Gasteiger partial charge >= 0.3 is 24.2 Å². The van der Waals surface area contributed by atoms with Crippen LogP contribution in [0.2, 0.25) is 0 Å². The quantitative estimate of drug-likeness (QED) is 0.399. The van der Waals surface area contributed by atoms with E-state index in [4.69, 9.17) is 0 Å². The molecule has 0 rings (SSSR count). The molecule has 0 atom stereocenters. The number of carbonyl (C=O) groups is 2. The van der Waals surface area contributed by atoms with E-state index in [0.29, 0.717) is 0 Å². The van der Waals surface area contributed by atoms with E-state index in [1.165, 1.54) is 0 Å². The van der Waals surface area contributed by atoms with Crippen LogP contribution in [0.15, 0.2) is 47.5 Å². The van der Waals surface area contributed by atoms with Gasteiger partial charge in [-0.2, -0.15) is 43.9 Å². The number of ether oxygens (including phenoxy) is 1. The number of rotatable bonds is 6. The van der Waals surface area contributed by atoms with Crippen molar-refractivity contribution in [1.82, 2.24) is 0 Å². The van der Waals surface area contributed by atoms with Gasteiger partial charge in [-0.3, -0.25) is 9.59 Å². The molecule has 0 aromatic rings. The Morgan fingerprint density at radius 3 is 0.957 bits per heavy atom. The summed E-state index contributed by atoms with van der Waals surface area (Å²) in [6.45, 7) is 0. The highest BCUT2D eigenvalue weighted by Gasteiger charge is 2.29. The normalized spacial score (nSPS) is 12.8. The van der Waals surface area contributed by atoms with Crippen LogP contribution in [0.3, 0.4) is 0 Å². The van der Waals surface area contributed by atoms with Crippen LogP contribution in [-0.2, 0) is 14.3 Å². The molecule has 0 amide bonds. The van der Waals surface area contributed by atoms with Crippen LogP contribution in [0.4, 0.5) is 43.9 Å². The number of hydrogen-bond acceptors (Lipinski definition) is 3. The molecule has 0 spiro atoms. The SMILES string of the molecule is O=C(C(F)=C(F)F)C(F)=C(F)OC(F)=C(F)C(=O)C(F)=C(F)F. The van der Waals surface area contributed by atoms with E-state index in [0.717, 1.165) is 0 Å². The molecule has 0 N–H and O–H groups in total. The topological polar surface area (TPSA) is 43.4 Å². The van der Waals surface area contributed by atoms with Gasteiger partial charge in [0.1, 0.15) is 0 Å². The molecule has 0 bridgehead atoms. The number of ketones is 2. The average Bonchev–Trinajstić information content (AvgIpc) is 2.49. The number of halogens is 10. The molecular formula is C10F10O3. The summed E-state index contributed by atoms with van der Waals surface area (Å²) in [5.74, 6) is -18.4. The van der Waals surface area contributed by atoms with Gasteiger partial charge in [0, 0.05) is 0 Å². The fourth-order valence-electron chi connectivity index (χ4n) is 0.711. The first-order chi connectivity index (χ1) is 10.4. The molecule has 23 heavy (non-hydrogen) atoms. The van der Waals surface area contributed by atoms with E-state index < -0.39 is 59.1 Å². The lowest BCUT2D eigenvalue weighted by Crippen LogP contribution is -2.06. The smallest absolute Gasteiger partial charge is 0.320 e. The summed E-state index contributed by atoms with van der Waals surface area (Å²) in [7, 11) is 0. The summed E-state index contributed by atoms with van der Waals surface area (Å²) < 4.78 is 125. The van der Waals surface area contributed by atoms with Crippen molar-refractivity contribution in [2.45, 2.75) is 0 Å². The molecular weight excluding hydrogens is 358 g/mol. The first kappa shape index (κ1) is 20.4. The molecule has 13 heteroatoms. The number of Topliss-reactive ketones (excluding diaryl/α,β-unsaturated/α-hetero) is 2. The van der Waals surface area contributed by atoms with Crippen molar-refractivity contribution in [1.29, 1.82) is 0 Å². The molecule has 0 saturated heterocycles. The van der Waals surface area contributed by atoms with Gasteiger partial charge in [-0.05, 0) is 0 Å². The van der Waals surface area contributed by atoms with Gasteiger partial charge in [0.15, 0.2) is 0 Å². The molecule has 0 heterocycles. The highest BCUT2D eigenvalue weighted by atomic mass is 19.3. The molecule has 0 saturated carbocycles. The third kappa shape index (κ3) is 5.27.